The summed E-state index contributed by atoms with van der Waals surface area (Å²) in [4.78, 5) is 27.2. The van der Waals surface area contributed by atoms with Gasteiger partial charge in [-0.2, -0.15) is 0 Å². The van der Waals surface area contributed by atoms with Crippen molar-refractivity contribution in [2.45, 2.75) is 65.9 Å². The molecule has 1 saturated heterocycles. The molecular formula is C27H38N4O2. The maximum Gasteiger partial charge on any atom is 0.225 e. The van der Waals surface area contributed by atoms with Crippen molar-refractivity contribution in [3.63, 3.8) is 0 Å². The SMILES string of the molecule is COCc1nc(C(C)C)nc(N2CCN(C(=O)C3CCC3)CC2)c1Cc1cc(C)ccc1C. The van der Waals surface area contributed by atoms with Crippen molar-refractivity contribution in [3.05, 3.63) is 52.0 Å². The van der Waals surface area contributed by atoms with Gasteiger partial charge in [-0.25, -0.2) is 9.97 Å². The Hall–Kier alpha value is -2.47. The Balaban J connectivity index is 1.66. The molecule has 33 heavy (non-hydrogen) atoms. The fourth-order valence-electron chi connectivity index (χ4n) is 4.73. The molecule has 0 radical (unpaired) electrons. The van der Waals surface area contributed by atoms with E-state index >= 15 is 0 Å². The number of carbonyl (C=O) groups is 1. The minimum Gasteiger partial charge on any atom is -0.378 e. The third-order valence-corrected chi connectivity index (χ3v) is 7.10. The maximum absolute atomic E-state index is 12.7. The average molecular weight is 451 g/mol. The van der Waals surface area contributed by atoms with Crippen LogP contribution in [-0.2, 0) is 22.6 Å². The van der Waals surface area contributed by atoms with Crippen LogP contribution in [0.3, 0.4) is 0 Å². The van der Waals surface area contributed by atoms with Crippen LogP contribution in [0.25, 0.3) is 0 Å². The van der Waals surface area contributed by atoms with E-state index in [9.17, 15) is 4.79 Å². The Kier molecular flexibility index (Phi) is 7.32. The smallest absolute Gasteiger partial charge is 0.225 e. The van der Waals surface area contributed by atoms with Crippen molar-refractivity contribution < 1.29 is 9.53 Å². The van der Waals surface area contributed by atoms with Crippen LogP contribution in [0.5, 0.6) is 0 Å². The Morgan fingerprint density at radius 3 is 2.45 bits per heavy atom. The van der Waals surface area contributed by atoms with Gasteiger partial charge in [0.1, 0.15) is 11.6 Å². The number of ether oxygens (including phenoxy) is 1. The zero-order chi connectivity index (χ0) is 23.5. The van der Waals surface area contributed by atoms with Crippen LogP contribution < -0.4 is 4.90 Å². The topological polar surface area (TPSA) is 58.6 Å². The van der Waals surface area contributed by atoms with E-state index in [1.807, 2.05) is 0 Å². The first kappa shape index (κ1) is 23.7. The first-order valence-corrected chi connectivity index (χ1v) is 12.4. The second kappa shape index (κ2) is 10.2. The van der Waals surface area contributed by atoms with Crippen molar-refractivity contribution in [1.29, 1.82) is 0 Å². The highest BCUT2D eigenvalue weighted by Gasteiger charge is 2.32. The van der Waals surface area contributed by atoms with Gasteiger partial charge in [0.25, 0.3) is 0 Å². The van der Waals surface area contributed by atoms with E-state index in [4.69, 9.17) is 14.7 Å². The lowest BCUT2D eigenvalue weighted by Crippen LogP contribution is -2.51. The predicted octanol–water partition coefficient (Wildman–Crippen LogP) is 4.40. The fraction of sp³-hybridized carbons (Fsp3) is 0.593. The van der Waals surface area contributed by atoms with E-state index < -0.39 is 0 Å². The molecule has 6 heteroatoms. The van der Waals surface area contributed by atoms with Crippen LogP contribution in [0, 0.1) is 19.8 Å². The molecule has 2 aromatic rings. The third kappa shape index (κ3) is 5.21. The molecule has 178 valence electrons. The molecule has 0 spiro atoms. The summed E-state index contributed by atoms with van der Waals surface area (Å²) >= 11 is 0. The van der Waals surface area contributed by atoms with Gasteiger partial charge in [-0.1, -0.05) is 44.0 Å². The van der Waals surface area contributed by atoms with Gasteiger partial charge in [0.15, 0.2) is 0 Å². The average Bonchev–Trinajstić information content (AvgIpc) is 2.76. The molecule has 2 aliphatic rings. The summed E-state index contributed by atoms with van der Waals surface area (Å²) in [5.41, 5.74) is 5.95. The lowest BCUT2D eigenvalue weighted by molar-refractivity contribution is -0.138. The first-order chi connectivity index (χ1) is 15.9. The molecule has 0 unspecified atom stereocenters. The summed E-state index contributed by atoms with van der Waals surface area (Å²) < 4.78 is 5.57. The van der Waals surface area contributed by atoms with Crippen molar-refractivity contribution in [2.75, 3.05) is 38.2 Å². The highest BCUT2D eigenvalue weighted by molar-refractivity contribution is 5.80. The van der Waals surface area contributed by atoms with Gasteiger partial charge in [0.2, 0.25) is 5.91 Å². The maximum atomic E-state index is 12.7. The molecule has 1 saturated carbocycles. The lowest BCUT2D eigenvalue weighted by Gasteiger charge is -2.39. The molecule has 0 atom stereocenters. The number of hydrogen-bond acceptors (Lipinski definition) is 5. The number of piperazine rings is 1. The van der Waals surface area contributed by atoms with Crippen molar-refractivity contribution in [2.24, 2.45) is 5.92 Å². The second-order valence-electron chi connectivity index (χ2n) is 9.97. The molecule has 0 bridgehead atoms. The van der Waals surface area contributed by atoms with Gasteiger partial charge in [-0.3, -0.25) is 4.79 Å². The molecule has 4 rings (SSSR count). The Morgan fingerprint density at radius 2 is 1.85 bits per heavy atom. The largest absolute Gasteiger partial charge is 0.378 e. The highest BCUT2D eigenvalue weighted by atomic mass is 16.5. The minimum atomic E-state index is 0.232. The summed E-state index contributed by atoms with van der Waals surface area (Å²) in [7, 11) is 1.73. The Morgan fingerprint density at radius 1 is 1.12 bits per heavy atom. The number of nitrogens with zero attached hydrogens (tertiary/aromatic N) is 4. The van der Waals surface area contributed by atoms with E-state index in [2.05, 4.69) is 55.7 Å². The summed E-state index contributed by atoms with van der Waals surface area (Å²) in [6, 6.07) is 6.61. The number of amides is 1. The molecule has 1 aromatic carbocycles. The summed E-state index contributed by atoms with van der Waals surface area (Å²) in [6.07, 6.45) is 4.09. The van der Waals surface area contributed by atoms with E-state index in [0.717, 1.165) is 68.3 Å². The van der Waals surface area contributed by atoms with E-state index in [1.165, 1.54) is 23.1 Å². The van der Waals surface area contributed by atoms with E-state index in [-0.39, 0.29) is 11.8 Å². The zero-order valence-corrected chi connectivity index (χ0v) is 20.9. The number of methoxy groups -OCH3 is 1. The number of rotatable bonds is 7. The molecule has 1 amide bonds. The first-order valence-electron chi connectivity index (χ1n) is 12.4. The molecule has 1 aliphatic carbocycles. The molecule has 2 heterocycles. The van der Waals surface area contributed by atoms with Gasteiger partial charge < -0.3 is 14.5 Å². The Labute approximate surface area is 198 Å². The van der Waals surface area contributed by atoms with E-state index in [1.54, 1.807) is 7.11 Å². The van der Waals surface area contributed by atoms with Crippen molar-refractivity contribution in [3.8, 4) is 0 Å². The van der Waals surface area contributed by atoms with Crippen LogP contribution in [-0.4, -0.2) is 54.1 Å². The summed E-state index contributed by atoms with van der Waals surface area (Å²) in [5.74, 6) is 2.71. The van der Waals surface area contributed by atoms with Crippen LogP contribution in [0.4, 0.5) is 5.82 Å². The number of aryl methyl sites for hydroxylation is 2. The van der Waals surface area contributed by atoms with Crippen LogP contribution in [0.2, 0.25) is 0 Å². The van der Waals surface area contributed by atoms with Gasteiger partial charge >= 0.3 is 0 Å². The van der Waals surface area contributed by atoms with Crippen LogP contribution in [0.1, 0.15) is 72.8 Å². The zero-order valence-electron chi connectivity index (χ0n) is 20.9. The van der Waals surface area contributed by atoms with Crippen molar-refractivity contribution >= 4 is 11.7 Å². The predicted molar refractivity (Wildman–Crippen MR) is 132 cm³/mol. The van der Waals surface area contributed by atoms with Gasteiger partial charge in [-0.15, -0.1) is 0 Å². The Bertz CT molecular complexity index is 992. The molecule has 1 aliphatic heterocycles. The molecule has 6 nitrogen and oxygen atoms in total. The number of benzene rings is 1. The molecule has 2 fully saturated rings. The molecule has 1 aromatic heterocycles. The number of hydrogen-bond donors (Lipinski definition) is 0. The third-order valence-electron chi connectivity index (χ3n) is 7.10. The van der Waals surface area contributed by atoms with Crippen molar-refractivity contribution in [1.82, 2.24) is 14.9 Å². The number of anilines is 1. The molecular weight excluding hydrogens is 412 g/mol. The summed E-state index contributed by atoms with van der Waals surface area (Å²) in [5, 5.41) is 0. The van der Waals surface area contributed by atoms with Crippen LogP contribution >= 0.6 is 0 Å². The monoisotopic (exact) mass is 450 g/mol. The lowest BCUT2D eigenvalue weighted by atomic mass is 9.84. The minimum absolute atomic E-state index is 0.232. The normalized spacial score (nSPS) is 16.9. The standard InChI is InChI=1S/C27H38N4O2/c1-18(2)25-28-24(17-33-5)23(16-22-15-19(3)9-10-20(22)4)26(29-25)30-11-13-31(14-12-30)27(32)21-7-6-8-21/h9-10,15,18,21H,6-8,11-14,16-17H2,1-5H3. The number of aromatic nitrogens is 2. The van der Waals surface area contributed by atoms with Gasteiger partial charge in [0.05, 0.1) is 12.3 Å². The summed E-state index contributed by atoms with van der Waals surface area (Å²) in [6.45, 7) is 12.2. The highest BCUT2D eigenvalue weighted by Crippen LogP contribution is 2.31. The quantitative estimate of drug-likeness (QED) is 0.626. The van der Waals surface area contributed by atoms with E-state index in [0.29, 0.717) is 12.5 Å². The van der Waals surface area contributed by atoms with Gasteiger partial charge in [-0.05, 0) is 37.8 Å². The van der Waals surface area contributed by atoms with Crippen LogP contribution in [0.15, 0.2) is 18.2 Å². The molecule has 0 N–H and O–H groups in total. The number of carbonyl (C=O) groups excluding carboxylic acids is 1. The second-order valence-corrected chi connectivity index (χ2v) is 9.97. The fourth-order valence-corrected chi connectivity index (χ4v) is 4.73. The van der Waals surface area contributed by atoms with Gasteiger partial charge in [0, 0.05) is 57.1 Å².